The summed E-state index contributed by atoms with van der Waals surface area (Å²) in [4.78, 5) is 35.1. The number of nitrogens with one attached hydrogen (secondary N) is 3. The monoisotopic (exact) mass is 468 g/mol. The van der Waals surface area contributed by atoms with Crippen molar-refractivity contribution in [3.8, 4) is 17.1 Å². The van der Waals surface area contributed by atoms with Gasteiger partial charge in [0, 0.05) is 24.7 Å². The Morgan fingerprint density at radius 1 is 0.970 bits per heavy atom. The normalized spacial score (nSPS) is 10.4. The van der Waals surface area contributed by atoms with Gasteiger partial charge >= 0.3 is 0 Å². The summed E-state index contributed by atoms with van der Waals surface area (Å²) in [5.74, 6) is 0.254. The topological polar surface area (TPSA) is 127 Å². The fourth-order valence-corrected chi connectivity index (χ4v) is 3.61. The summed E-state index contributed by atoms with van der Waals surface area (Å²) in [5.41, 5.74) is 6.20. The number of ether oxygens (including phenoxy) is 1. The zero-order chi connectivity index (χ0) is 23.6. The number of hydrogen-bond acceptors (Lipinski definition) is 7. The number of carbonyl (C=O) groups is 3. The molecule has 0 unspecified atom stereocenters. The van der Waals surface area contributed by atoms with E-state index in [1.165, 1.54) is 18.7 Å². The third-order valence-electron chi connectivity index (χ3n) is 4.28. The number of rotatable bonds is 9. The van der Waals surface area contributed by atoms with Crippen LogP contribution in [0.5, 0.6) is 5.75 Å². The van der Waals surface area contributed by atoms with Gasteiger partial charge in [0.05, 0.1) is 5.75 Å². The van der Waals surface area contributed by atoms with Gasteiger partial charge in [-0.15, -0.1) is 10.2 Å². The van der Waals surface area contributed by atoms with Gasteiger partial charge in [-0.3, -0.25) is 25.2 Å². The molecule has 3 rings (SSSR count). The number of hydrazine groups is 1. The molecule has 0 atom stereocenters. The first-order valence-electron chi connectivity index (χ1n) is 10.2. The maximum absolute atomic E-state index is 12.1. The van der Waals surface area contributed by atoms with E-state index < -0.39 is 5.91 Å². The third-order valence-corrected chi connectivity index (χ3v) is 5.25. The Labute approximate surface area is 195 Å². The van der Waals surface area contributed by atoms with Gasteiger partial charge in [0.1, 0.15) is 5.75 Å². The van der Waals surface area contributed by atoms with E-state index in [4.69, 9.17) is 4.74 Å². The van der Waals surface area contributed by atoms with Crippen molar-refractivity contribution in [2.75, 3.05) is 17.7 Å². The van der Waals surface area contributed by atoms with E-state index in [9.17, 15) is 14.4 Å². The summed E-state index contributed by atoms with van der Waals surface area (Å²) in [6.07, 6.45) is 0. The molecule has 172 valence electrons. The SMILES string of the molecule is CCn1c(SCC(=O)NNC(=O)COc2ccccc2)nnc1-c1ccc(NC(C)=O)cc1. The van der Waals surface area contributed by atoms with Crippen LogP contribution in [0.25, 0.3) is 11.4 Å². The molecule has 2 aromatic carbocycles. The molecule has 1 heterocycles. The number of para-hydroxylation sites is 1. The maximum atomic E-state index is 12.1. The molecule has 3 aromatic rings. The van der Waals surface area contributed by atoms with Gasteiger partial charge in [0.15, 0.2) is 17.6 Å². The summed E-state index contributed by atoms with van der Waals surface area (Å²) in [7, 11) is 0. The highest BCUT2D eigenvalue weighted by molar-refractivity contribution is 7.99. The van der Waals surface area contributed by atoms with Crippen molar-refractivity contribution in [1.82, 2.24) is 25.6 Å². The van der Waals surface area contributed by atoms with Gasteiger partial charge < -0.3 is 14.6 Å². The molecule has 0 saturated carbocycles. The zero-order valence-electron chi connectivity index (χ0n) is 18.2. The lowest BCUT2D eigenvalue weighted by molar-refractivity contribution is -0.128. The van der Waals surface area contributed by atoms with Crippen molar-refractivity contribution in [1.29, 1.82) is 0 Å². The summed E-state index contributed by atoms with van der Waals surface area (Å²) >= 11 is 1.21. The number of amides is 3. The quantitative estimate of drug-likeness (QED) is 0.325. The Hall–Kier alpha value is -3.86. The molecular weight excluding hydrogens is 444 g/mol. The van der Waals surface area contributed by atoms with Crippen molar-refractivity contribution in [2.45, 2.75) is 25.5 Å². The largest absolute Gasteiger partial charge is 0.484 e. The molecule has 0 radical (unpaired) electrons. The van der Waals surface area contributed by atoms with Crippen LogP contribution in [0.3, 0.4) is 0 Å². The van der Waals surface area contributed by atoms with Gasteiger partial charge in [0.25, 0.3) is 5.91 Å². The fourth-order valence-electron chi connectivity index (χ4n) is 2.81. The lowest BCUT2D eigenvalue weighted by Gasteiger charge is -2.10. The maximum Gasteiger partial charge on any atom is 0.276 e. The minimum atomic E-state index is -0.473. The number of thioether (sulfide) groups is 1. The molecular formula is C22H24N6O4S. The fraction of sp³-hybridized carbons (Fsp3) is 0.227. The molecule has 0 aliphatic heterocycles. The van der Waals surface area contributed by atoms with Crippen LogP contribution in [-0.4, -0.2) is 44.8 Å². The van der Waals surface area contributed by atoms with Crippen molar-refractivity contribution in [3.05, 3.63) is 54.6 Å². The molecule has 0 spiro atoms. The van der Waals surface area contributed by atoms with Gasteiger partial charge in [0.2, 0.25) is 11.8 Å². The summed E-state index contributed by atoms with van der Waals surface area (Å²) < 4.78 is 7.21. The molecule has 3 N–H and O–H groups in total. The third kappa shape index (κ3) is 7.07. The molecule has 33 heavy (non-hydrogen) atoms. The van der Waals surface area contributed by atoms with E-state index in [-0.39, 0.29) is 24.2 Å². The molecule has 0 fully saturated rings. The minimum absolute atomic E-state index is 0.0411. The summed E-state index contributed by atoms with van der Waals surface area (Å²) in [5, 5.41) is 11.7. The Balaban J connectivity index is 1.49. The second-order valence-electron chi connectivity index (χ2n) is 6.80. The van der Waals surface area contributed by atoms with E-state index in [2.05, 4.69) is 26.4 Å². The van der Waals surface area contributed by atoms with Crippen LogP contribution < -0.4 is 20.9 Å². The molecule has 0 aliphatic carbocycles. The Kier molecular flexibility index (Phi) is 8.42. The standard InChI is InChI=1S/C22H24N6O4S/c1-3-28-21(16-9-11-17(12-10-16)23-15(2)29)26-27-22(28)33-14-20(31)25-24-19(30)13-32-18-7-5-4-6-8-18/h4-12H,3,13-14H2,1-2H3,(H,23,29)(H,24,30)(H,25,31). The molecule has 0 saturated heterocycles. The summed E-state index contributed by atoms with van der Waals surface area (Å²) in [6.45, 7) is 3.79. The smallest absolute Gasteiger partial charge is 0.276 e. The Morgan fingerprint density at radius 2 is 1.67 bits per heavy atom. The average Bonchev–Trinajstić information content (AvgIpc) is 3.23. The van der Waals surface area contributed by atoms with Crippen LogP contribution in [0, 0.1) is 0 Å². The number of benzene rings is 2. The van der Waals surface area contributed by atoms with Crippen LogP contribution >= 0.6 is 11.8 Å². The zero-order valence-corrected chi connectivity index (χ0v) is 19.0. The second-order valence-corrected chi connectivity index (χ2v) is 7.74. The molecule has 10 nitrogen and oxygen atoms in total. The van der Waals surface area contributed by atoms with Crippen molar-refractivity contribution in [2.24, 2.45) is 0 Å². The first-order chi connectivity index (χ1) is 16.0. The van der Waals surface area contributed by atoms with Gasteiger partial charge in [-0.1, -0.05) is 30.0 Å². The van der Waals surface area contributed by atoms with Crippen LogP contribution in [0.15, 0.2) is 59.8 Å². The molecule has 0 aliphatic rings. The van der Waals surface area contributed by atoms with Gasteiger partial charge in [-0.25, -0.2) is 0 Å². The first kappa shape index (κ1) is 23.8. The number of aromatic nitrogens is 3. The van der Waals surface area contributed by atoms with Gasteiger partial charge in [-0.05, 0) is 43.3 Å². The predicted molar refractivity (Wildman–Crippen MR) is 124 cm³/mol. The highest BCUT2D eigenvalue weighted by Crippen LogP contribution is 2.25. The van der Waals surface area contributed by atoms with Gasteiger partial charge in [-0.2, -0.15) is 0 Å². The van der Waals surface area contributed by atoms with Crippen LogP contribution in [0.1, 0.15) is 13.8 Å². The van der Waals surface area contributed by atoms with E-state index >= 15 is 0 Å². The number of carbonyl (C=O) groups excluding carboxylic acids is 3. The van der Waals surface area contributed by atoms with E-state index in [0.717, 1.165) is 5.56 Å². The predicted octanol–water partition coefficient (Wildman–Crippen LogP) is 2.24. The number of hydrogen-bond donors (Lipinski definition) is 3. The van der Waals surface area contributed by atoms with Crippen molar-refractivity contribution < 1.29 is 19.1 Å². The number of nitrogens with zero attached hydrogens (tertiary/aromatic N) is 3. The average molecular weight is 469 g/mol. The lowest BCUT2D eigenvalue weighted by Crippen LogP contribution is -2.44. The summed E-state index contributed by atoms with van der Waals surface area (Å²) in [6, 6.07) is 16.2. The minimum Gasteiger partial charge on any atom is -0.484 e. The molecule has 11 heteroatoms. The highest BCUT2D eigenvalue weighted by atomic mass is 32.2. The number of anilines is 1. The van der Waals surface area contributed by atoms with Crippen molar-refractivity contribution >= 4 is 35.2 Å². The first-order valence-corrected chi connectivity index (χ1v) is 11.1. The lowest BCUT2D eigenvalue weighted by atomic mass is 10.2. The van der Waals surface area contributed by atoms with Crippen LogP contribution in [-0.2, 0) is 20.9 Å². The Bertz CT molecular complexity index is 1100. The molecule has 3 amide bonds. The van der Waals surface area contributed by atoms with Crippen LogP contribution in [0.4, 0.5) is 5.69 Å². The van der Waals surface area contributed by atoms with Crippen molar-refractivity contribution in [3.63, 3.8) is 0 Å². The van der Waals surface area contributed by atoms with E-state index in [1.54, 1.807) is 36.4 Å². The second kappa shape index (κ2) is 11.7. The molecule has 0 bridgehead atoms. The van der Waals surface area contributed by atoms with E-state index in [0.29, 0.717) is 29.0 Å². The highest BCUT2D eigenvalue weighted by Gasteiger charge is 2.15. The van der Waals surface area contributed by atoms with Crippen LogP contribution in [0.2, 0.25) is 0 Å². The van der Waals surface area contributed by atoms with E-state index in [1.807, 2.05) is 29.7 Å². The molecule has 1 aromatic heterocycles. The Morgan fingerprint density at radius 3 is 2.33 bits per heavy atom.